The van der Waals surface area contributed by atoms with E-state index in [1.54, 1.807) is 7.11 Å². The average molecular weight is 363 g/mol. The van der Waals surface area contributed by atoms with Crippen molar-refractivity contribution in [2.45, 2.75) is 33.2 Å². The first-order chi connectivity index (χ1) is 13.0. The van der Waals surface area contributed by atoms with Gasteiger partial charge in [0.1, 0.15) is 17.4 Å². The van der Waals surface area contributed by atoms with Crippen LogP contribution in [0, 0.1) is 18.3 Å². The summed E-state index contributed by atoms with van der Waals surface area (Å²) in [7, 11) is 1.61. The van der Waals surface area contributed by atoms with Crippen molar-refractivity contribution < 1.29 is 9.53 Å². The Morgan fingerprint density at radius 2 is 2.00 bits per heavy atom. The highest BCUT2D eigenvalue weighted by molar-refractivity contribution is 6.07. The number of carbonyl (C=O) groups is 1. The maximum atomic E-state index is 12.6. The third-order valence-corrected chi connectivity index (χ3v) is 4.22. The summed E-state index contributed by atoms with van der Waals surface area (Å²) < 4.78 is 5.19. The van der Waals surface area contributed by atoms with Gasteiger partial charge in [-0.2, -0.15) is 5.26 Å². The lowest BCUT2D eigenvalue weighted by atomic mass is 9.98. The zero-order chi connectivity index (χ0) is 19.8. The Labute approximate surface area is 160 Å². The molecule has 1 amide bonds. The summed E-state index contributed by atoms with van der Waals surface area (Å²) in [5, 5.41) is 15.3. The standard InChI is InChI=1S/C22H25N3O2/c1-15(2)20-10-5-7-16(3)21(20)25-22(26)18(12-23)14-24-13-17-8-6-9-19(11-17)27-4/h5-11,14-15,24H,13H2,1-4H3,(H,25,26)/b18-14-. The predicted molar refractivity (Wildman–Crippen MR) is 107 cm³/mol. The van der Waals surface area contributed by atoms with E-state index in [9.17, 15) is 10.1 Å². The minimum Gasteiger partial charge on any atom is -0.497 e. The fraction of sp³-hybridized carbons (Fsp3) is 0.273. The maximum absolute atomic E-state index is 12.6. The lowest BCUT2D eigenvalue weighted by Gasteiger charge is -2.16. The van der Waals surface area contributed by atoms with Crippen molar-refractivity contribution in [2.24, 2.45) is 0 Å². The van der Waals surface area contributed by atoms with E-state index in [0.29, 0.717) is 6.54 Å². The van der Waals surface area contributed by atoms with Gasteiger partial charge in [-0.1, -0.05) is 44.2 Å². The summed E-state index contributed by atoms with van der Waals surface area (Å²) in [4.78, 5) is 12.6. The van der Waals surface area contributed by atoms with Gasteiger partial charge >= 0.3 is 0 Å². The molecule has 0 aliphatic heterocycles. The van der Waals surface area contributed by atoms with Crippen molar-refractivity contribution in [1.82, 2.24) is 5.32 Å². The number of nitrogens with one attached hydrogen (secondary N) is 2. The van der Waals surface area contributed by atoms with E-state index < -0.39 is 5.91 Å². The lowest BCUT2D eigenvalue weighted by molar-refractivity contribution is -0.112. The molecule has 0 saturated carbocycles. The number of amides is 1. The number of para-hydroxylation sites is 1. The monoisotopic (exact) mass is 363 g/mol. The van der Waals surface area contributed by atoms with Gasteiger partial charge in [0.25, 0.3) is 5.91 Å². The lowest BCUT2D eigenvalue weighted by Crippen LogP contribution is -2.18. The first-order valence-electron chi connectivity index (χ1n) is 8.83. The van der Waals surface area contributed by atoms with E-state index in [0.717, 1.165) is 28.1 Å². The number of benzene rings is 2. The quantitative estimate of drug-likeness (QED) is 0.569. The number of aryl methyl sites for hydroxylation is 1. The predicted octanol–water partition coefficient (Wildman–Crippen LogP) is 4.26. The molecule has 5 heteroatoms. The summed E-state index contributed by atoms with van der Waals surface area (Å²) in [5.74, 6) is 0.602. The Balaban J connectivity index is 2.10. The molecule has 0 aromatic heterocycles. The number of nitriles is 1. The van der Waals surface area contributed by atoms with Gasteiger partial charge in [0.2, 0.25) is 0 Å². The zero-order valence-corrected chi connectivity index (χ0v) is 16.2. The number of rotatable bonds is 7. The van der Waals surface area contributed by atoms with Crippen molar-refractivity contribution in [1.29, 1.82) is 5.26 Å². The molecule has 0 aliphatic rings. The van der Waals surface area contributed by atoms with Crippen LogP contribution in [0.15, 0.2) is 54.2 Å². The minimum atomic E-state index is -0.424. The normalized spacial score (nSPS) is 11.0. The van der Waals surface area contributed by atoms with Crippen LogP contribution in [0.25, 0.3) is 0 Å². The molecule has 2 aromatic carbocycles. The largest absolute Gasteiger partial charge is 0.497 e. The summed E-state index contributed by atoms with van der Waals surface area (Å²) in [6, 6.07) is 15.5. The molecule has 0 atom stereocenters. The van der Waals surface area contributed by atoms with Crippen LogP contribution >= 0.6 is 0 Å². The van der Waals surface area contributed by atoms with Gasteiger partial charge in [-0.3, -0.25) is 4.79 Å². The molecule has 0 radical (unpaired) electrons. The smallest absolute Gasteiger partial charge is 0.267 e. The summed E-state index contributed by atoms with van der Waals surface area (Å²) in [5.41, 5.74) is 3.80. The van der Waals surface area contributed by atoms with Crippen LogP contribution in [0.4, 0.5) is 5.69 Å². The Hall–Kier alpha value is -3.26. The molecule has 0 unspecified atom stereocenters. The summed E-state index contributed by atoms with van der Waals surface area (Å²) >= 11 is 0. The summed E-state index contributed by atoms with van der Waals surface area (Å²) in [6.07, 6.45) is 1.45. The van der Waals surface area contributed by atoms with Gasteiger partial charge in [0.15, 0.2) is 0 Å². The molecular weight excluding hydrogens is 338 g/mol. The van der Waals surface area contributed by atoms with E-state index in [1.165, 1.54) is 6.20 Å². The van der Waals surface area contributed by atoms with Gasteiger partial charge < -0.3 is 15.4 Å². The minimum absolute atomic E-state index is 0.0239. The van der Waals surface area contributed by atoms with Crippen molar-refractivity contribution in [3.05, 3.63) is 70.9 Å². The second-order valence-electron chi connectivity index (χ2n) is 6.55. The maximum Gasteiger partial charge on any atom is 0.267 e. The van der Waals surface area contributed by atoms with Crippen LogP contribution in [0.3, 0.4) is 0 Å². The van der Waals surface area contributed by atoms with Crippen LogP contribution in [0.5, 0.6) is 5.75 Å². The van der Waals surface area contributed by atoms with Crippen LogP contribution < -0.4 is 15.4 Å². The first-order valence-corrected chi connectivity index (χ1v) is 8.83. The second kappa shape index (κ2) is 9.44. The van der Waals surface area contributed by atoms with Crippen molar-refractivity contribution in [3.8, 4) is 11.8 Å². The Bertz CT molecular complexity index is 879. The van der Waals surface area contributed by atoms with E-state index in [1.807, 2.05) is 55.5 Å². The number of methoxy groups -OCH3 is 1. The van der Waals surface area contributed by atoms with Crippen LogP contribution in [-0.2, 0) is 11.3 Å². The van der Waals surface area contributed by atoms with E-state index >= 15 is 0 Å². The third kappa shape index (κ3) is 5.35. The molecule has 2 aromatic rings. The first kappa shape index (κ1) is 20.1. The van der Waals surface area contributed by atoms with Crippen molar-refractivity contribution in [3.63, 3.8) is 0 Å². The van der Waals surface area contributed by atoms with E-state index in [2.05, 4.69) is 24.5 Å². The highest BCUT2D eigenvalue weighted by atomic mass is 16.5. The Morgan fingerprint density at radius 1 is 1.26 bits per heavy atom. The third-order valence-electron chi connectivity index (χ3n) is 4.22. The Morgan fingerprint density at radius 3 is 2.67 bits per heavy atom. The zero-order valence-electron chi connectivity index (χ0n) is 16.2. The molecule has 2 N–H and O–H groups in total. The highest BCUT2D eigenvalue weighted by Gasteiger charge is 2.15. The number of hydrogen-bond acceptors (Lipinski definition) is 4. The fourth-order valence-corrected chi connectivity index (χ4v) is 2.73. The van der Waals surface area contributed by atoms with Crippen LogP contribution in [0.1, 0.15) is 36.5 Å². The van der Waals surface area contributed by atoms with Crippen molar-refractivity contribution in [2.75, 3.05) is 12.4 Å². The molecule has 0 aliphatic carbocycles. The number of anilines is 1. The molecule has 5 nitrogen and oxygen atoms in total. The average Bonchev–Trinajstić information content (AvgIpc) is 2.66. The molecule has 0 heterocycles. The Kier molecular flexibility index (Phi) is 7.01. The molecular formula is C22H25N3O2. The van der Waals surface area contributed by atoms with E-state index in [-0.39, 0.29) is 11.5 Å². The molecule has 0 saturated heterocycles. The second-order valence-corrected chi connectivity index (χ2v) is 6.55. The van der Waals surface area contributed by atoms with Gasteiger partial charge in [0.05, 0.1) is 7.11 Å². The van der Waals surface area contributed by atoms with Gasteiger partial charge in [-0.15, -0.1) is 0 Å². The van der Waals surface area contributed by atoms with Crippen LogP contribution in [-0.4, -0.2) is 13.0 Å². The number of carbonyl (C=O) groups excluding carboxylic acids is 1. The molecule has 140 valence electrons. The fourth-order valence-electron chi connectivity index (χ4n) is 2.73. The van der Waals surface area contributed by atoms with Gasteiger partial charge in [-0.25, -0.2) is 0 Å². The highest BCUT2D eigenvalue weighted by Crippen LogP contribution is 2.27. The molecule has 27 heavy (non-hydrogen) atoms. The van der Waals surface area contributed by atoms with E-state index in [4.69, 9.17) is 4.74 Å². The molecule has 0 bridgehead atoms. The number of hydrogen-bond donors (Lipinski definition) is 2. The topological polar surface area (TPSA) is 74.1 Å². The number of nitrogens with zero attached hydrogens (tertiary/aromatic N) is 1. The molecule has 0 spiro atoms. The summed E-state index contributed by atoms with van der Waals surface area (Å²) in [6.45, 7) is 6.57. The van der Waals surface area contributed by atoms with Crippen LogP contribution in [0.2, 0.25) is 0 Å². The molecule has 0 fully saturated rings. The SMILES string of the molecule is COc1cccc(CN/C=C(/C#N)C(=O)Nc2c(C)cccc2C(C)C)c1. The van der Waals surface area contributed by atoms with Gasteiger partial charge in [-0.05, 0) is 41.7 Å². The number of ether oxygens (including phenoxy) is 1. The van der Waals surface area contributed by atoms with Gasteiger partial charge in [0, 0.05) is 18.4 Å². The van der Waals surface area contributed by atoms with Crippen molar-refractivity contribution >= 4 is 11.6 Å². The molecule has 2 rings (SSSR count).